The predicted octanol–water partition coefficient (Wildman–Crippen LogP) is 4.56. The number of aromatic amines is 1. The maximum absolute atomic E-state index is 4.08. The quantitative estimate of drug-likeness (QED) is 0.742. The van der Waals surface area contributed by atoms with Crippen molar-refractivity contribution >= 4 is 43.9 Å². The molecule has 92 valence electrons. The van der Waals surface area contributed by atoms with Crippen LogP contribution in [0, 0.1) is 0 Å². The molecule has 0 amide bonds. The van der Waals surface area contributed by atoms with E-state index in [1.54, 1.807) is 11.3 Å². The van der Waals surface area contributed by atoms with Gasteiger partial charge in [0, 0.05) is 25.8 Å². The van der Waals surface area contributed by atoms with Gasteiger partial charge in [0.25, 0.3) is 0 Å². The highest BCUT2D eigenvalue weighted by Gasteiger charge is 2.10. The van der Waals surface area contributed by atoms with Crippen molar-refractivity contribution in [3.63, 3.8) is 0 Å². The maximum Gasteiger partial charge on any atom is 0.0671 e. The van der Waals surface area contributed by atoms with E-state index in [-0.39, 0.29) is 6.04 Å². The first kappa shape index (κ1) is 11.7. The van der Waals surface area contributed by atoms with Crippen molar-refractivity contribution in [2.75, 3.05) is 5.32 Å². The molecule has 0 spiro atoms. The first-order valence-corrected chi connectivity index (χ1v) is 7.34. The van der Waals surface area contributed by atoms with E-state index in [0.717, 1.165) is 21.1 Å². The van der Waals surface area contributed by atoms with Crippen LogP contribution in [-0.4, -0.2) is 10.2 Å². The number of benzene rings is 1. The second-order valence-electron chi connectivity index (χ2n) is 4.17. The molecule has 0 fully saturated rings. The van der Waals surface area contributed by atoms with Crippen LogP contribution >= 0.6 is 27.3 Å². The third-order valence-corrected chi connectivity index (χ3v) is 4.75. The van der Waals surface area contributed by atoms with Gasteiger partial charge in [0.15, 0.2) is 0 Å². The number of hydrogen-bond donors (Lipinski definition) is 2. The molecule has 1 atom stereocenters. The number of fused-ring (bicyclic) bond motifs is 1. The minimum Gasteiger partial charge on any atom is -0.377 e. The van der Waals surface area contributed by atoms with E-state index >= 15 is 0 Å². The summed E-state index contributed by atoms with van der Waals surface area (Å²) in [6.07, 6.45) is 1.86. The van der Waals surface area contributed by atoms with Crippen molar-refractivity contribution in [3.8, 4) is 0 Å². The summed E-state index contributed by atoms with van der Waals surface area (Å²) in [4.78, 5) is 1.31. The zero-order chi connectivity index (χ0) is 12.5. The molecule has 0 saturated carbocycles. The lowest BCUT2D eigenvalue weighted by Crippen LogP contribution is -2.04. The Morgan fingerprint density at radius 2 is 2.33 bits per heavy atom. The summed E-state index contributed by atoms with van der Waals surface area (Å²) in [6, 6.07) is 8.57. The van der Waals surface area contributed by atoms with E-state index in [1.165, 1.54) is 4.88 Å². The number of halogens is 1. The number of thiophene rings is 1. The third kappa shape index (κ3) is 2.15. The van der Waals surface area contributed by atoms with Crippen LogP contribution in [0.15, 0.2) is 40.3 Å². The first-order valence-electron chi connectivity index (χ1n) is 5.66. The molecule has 0 aliphatic carbocycles. The normalized spacial score (nSPS) is 12.8. The highest BCUT2D eigenvalue weighted by atomic mass is 79.9. The van der Waals surface area contributed by atoms with Crippen molar-refractivity contribution in [1.82, 2.24) is 10.2 Å². The van der Waals surface area contributed by atoms with Gasteiger partial charge in [-0.1, -0.05) is 6.07 Å². The van der Waals surface area contributed by atoms with Gasteiger partial charge in [-0.3, -0.25) is 5.10 Å². The molecule has 0 aliphatic heterocycles. The Morgan fingerprint density at radius 1 is 1.44 bits per heavy atom. The molecule has 0 aliphatic rings. The molecule has 5 heteroatoms. The van der Waals surface area contributed by atoms with Crippen LogP contribution in [0.1, 0.15) is 17.8 Å². The third-order valence-electron chi connectivity index (χ3n) is 2.87. The summed E-state index contributed by atoms with van der Waals surface area (Å²) >= 11 is 5.24. The van der Waals surface area contributed by atoms with Crippen LogP contribution in [0.2, 0.25) is 0 Å². The van der Waals surface area contributed by atoms with Crippen molar-refractivity contribution in [2.45, 2.75) is 13.0 Å². The molecule has 1 unspecified atom stereocenters. The zero-order valence-corrected chi connectivity index (χ0v) is 12.2. The van der Waals surface area contributed by atoms with Gasteiger partial charge in [0.1, 0.15) is 0 Å². The SMILES string of the molecule is CC(Nc1cccc2[nH]ncc12)c1cc(Br)cs1. The van der Waals surface area contributed by atoms with Crippen molar-refractivity contribution in [1.29, 1.82) is 0 Å². The number of anilines is 1. The fourth-order valence-corrected chi connectivity index (χ4v) is 3.41. The second-order valence-corrected chi connectivity index (χ2v) is 6.03. The Kier molecular flexibility index (Phi) is 3.09. The topological polar surface area (TPSA) is 40.7 Å². The molecule has 3 aromatic rings. The Labute approximate surface area is 117 Å². The summed E-state index contributed by atoms with van der Waals surface area (Å²) in [6.45, 7) is 2.16. The fraction of sp³-hybridized carbons (Fsp3) is 0.154. The Morgan fingerprint density at radius 3 is 3.11 bits per heavy atom. The summed E-state index contributed by atoms with van der Waals surface area (Å²) in [5, 5.41) is 13.8. The van der Waals surface area contributed by atoms with Gasteiger partial charge in [-0.05, 0) is 41.1 Å². The van der Waals surface area contributed by atoms with Crippen LogP contribution in [0.3, 0.4) is 0 Å². The standard InChI is InChI=1S/C13H12BrN3S/c1-8(13-5-9(14)7-18-13)16-11-3-2-4-12-10(11)6-15-17-12/h2-8,16H,1H3,(H,15,17). The monoisotopic (exact) mass is 321 g/mol. The van der Waals surface area contributed by atoms with Crippen LogP contribution in [0.5, 0.6) is 0 Å². The minimum atomic E-state index is 0.279. The number of H-pyrrole nitrogens is 1. The average molecular weight is 322 g/mol. The lowest BCUT2D eigenvalue weighted by atomic mass is 10.2. The number of nitrogens with one attached hydrogen (secondary N) is 2. The van der Waals surface area contributed by atoms with Crippen LogP contribution in [0.4, 0.5) is 5.69 Å². The molecular formula is C13H12BrN3S. The van der Waals surface area contributed by atoms with Crippen molar-refractivity contribution in [3.05, 3.63) is 45.2 Å². The molecule has 2 N–H and O–H groups in total. The van der Waals surface area contributed by atoms with Gasteiger partial charge in [0.2, 0.25) is 0 Å². The van der Waals surface area contributed by atoms with Crippen LogP contribution in [0.25, 0.3) is 10.9 Å². The summed E-state index contributed by atoms with van der Waals surface area (Å²) in [5.74, 6) is 0. The highest BCUT2D eigenvalue weighted by Crippen LogP contribution is 2.30. The molecular weight excluding hydrogens is 310 g/mol. The summed E-state index contributed by atoms with van der Waals surface area (Å²) in [5.41, 5.74) is 2.16. The molecule has 0 saturated heterocycles. The first-order chi connectivity index (χ1) is 8.74. The number of hydrogen-bond acceptors (Lipinski definition) is 3. The number of aromatic nitrogens is 2. The van der Waals surface area contributed by atoms with Gasteiger partial charge in [0.05, 0.1) is 17.8 Å². The van der Waals surface area contributed by atoms with E-state index in [4.69, 9.17) is 0 Å². The smallest absolute Gasteiger partial charge is 0.0671 e. The summed E-state index contributed by atoms with van der Waals surface area (Å²) in [7, 11) is 0. The number of nitrogens with zero attached hydrogens (tertiary/aromatic N) is 1. The van der Waals surface area contributed by atoms with Crippen molar-refractivity contribution < 1.29 is 0 Å². The van der Waals surface area contributed by atoms with Gasteiger partial charge in [-0.25, -0.2) is 0 Å². The lowest BCUT2D eigenvalue weighted by molar-refractivity contribution is 0.910. The Hall–Kier alpha value is -1.33. The minimum absolute atomic E-state index is 0.279. The largest absolute Gasteiger partial charge is 0.377 e. The molecule has 2 heterocycles. The highest BCUT2D eigenvalue weighted by molar-refractivity contribution is 9.10. The lowest BCUT2D eigenvalue weighted by Gasteiger charge is -2.14. The number of rotatable bonds is 3. The second kappa shape index (κ2) is 4.74. The van der Waals surface area contributed by atoms with Crippen LogP contribution < -0.4 is 5.32 Å². The van der Waals surface area contributed by atoms with Crippen LogP contribution in [-0.2, 0) is 0 Å². The predicted molar refractivity (Wildman–Crippen MR) is 80.2 cm³/mol. The molecule has 0 radical (unpaired) electrons. The maximum atomic E-state index is 4.08. The van der Waals surface area contributed by atoms with Gasteiger partial charge in [-0.15, -0.1) is 11.3 Å². The average Bonchev–Trinajstić information content (AvgIpc) is 2.97. The zero-order valence-electron chi connectivity index (χ0n) is 9.77. The molecule has 3 nitrogen and oxygen atoms in total. The van der Waals surface area contributed by atoms with E-state index < -0.39 is 0 Å². The fourth-order valence-electron chi connectivity index (χ4n) is 1.95. The molecule has 3 rings (SSSR count). The van der Waals surface area contributed by atoms with E-state index in [9.17, 15) is 0 Å². The van der Waals surface area contributed by atoms with Gasteiger partial charge < -0.3 is 5.32 Å². The summed E-state index contributed by atoms with van der Waals surface area (Å²) < 4.78 is 1.14. The molecule has 1 aromatic carbocycles. The molecule has 2 aromatic heterocycles. The molecule has 0 bridgehead atoms. The molecule has 18 heavy (non-hydrogen) atoms. The van der Waals surface area contributed by atoms with E-state index in [2.05, 4.69) is 55.9 Å². The van der Waals surface area contributed by atoms with Crippen molar-refractivity contribution in [2.24, 2.45) is 0 Å². The Balaban J connectivity index is 1.90. The van der Waals surface area contributed by atoms with E-state index in [0.29, 0.717) is 0 Å². The van der Waals surface area contributed by atoms with Gasteiger partial charge in [-0.2, -0.15) is 5.10 Å². The van der Waals surface area contributed by atoms with E-state index in [1.807, 2.05) is 18.3 Å². The van der Waals surface area contributed by atoms with Gasteiger partial charge >= 0.3 is 0 Å². The Bertz CT molecular complexity index is 673.